The summed E-state index contributed by atoms with van der Waals surface area (Å²) in [5.41, 5.74) is 3.30. The number of benzene rings is 1. The van der Waals surface area contributed by atoms with Gasteiger partial charge in [0.05, 0.1) is 17.9 Å². The molecule has 6 nitrogen and oxygen atoms in total. The van der Waals surface area contributed by atoms with E-state index in [4.69, 9.17) is 5.10 Å². The Morgan fingerprint density at radius 3 is 2.31 bits per heavy atom. The van der Waals surface area contributed by atoms with Gasteiger partial charge in [-0.15, -0.1) is 0 Å². The molecule has 0 N–H and O–H groups in total. The topological polar surface area (TPSA) is 44.6 Å². The number of nitrogens with zero attached hydrogens (tertiary/aromatic N) is 5. The molecule has 200 valence electrons. The average Bonchev–Trinajstić information content (AvgIpc) is 3.22. The molecule has 1 amide bonds. The molecule has 1 aromatic carbocycles. The fourth-order valence-electron chi connectivity index (χ4n) is 5.17. The molecule has 36 heavy (non-hydrogen) atoms. The Morgan fingerprint density at radius 2 is 1.72 bits per heavy atom. The molecule has 2 aromatic rings. The van der Waals surface area contributed by atoms with Gasteiger partial charge in [-0.25, -0.2) is 4.68 Å². The number of likely N-dealkylation sites (N-methyl/N-ethyl adjacent to an activating group) is 1. The molecule has 0 spiro atoms. The molecule has 2 heterocycles. The van der Waals surface area contributed by atoms with Crippen molar-refractivity contribution < 1.29 is 4.79 Å². The molecule has 0 bridgehead atoms. The van der Waals surface area contributed by atoms with Gasteiger partial charge >= 0.3 is 0 Å². The zero-order valence-corrected chi connectivity index (χ0v) is 23.7. The van der Waals surface area contributed by atoms with Gasteiger partial charge in [0.25, 0.3) is 0 Å². The monoisotopic (exact) mass is 495 g/mol. The lowest BCUT2D eigenvalue weighted by Gasteiger charge is -2.36. The third-order valence-corrected chi connectivity index (χ3v) is 7.66. The van der Waals surface area contributed by atoms with Crippen molar-refractivity contribution in [3.63, 3.8) is 0 Å². The van der Waals surface area contributed by atoms with Crippen molar-refractivity contribution in [2.75, 3.05) is 44.2 Å². The largest absolute Gasteiger partial charge is 0.354 e. The van der Waals surface area contributed by atoms with Crippen LogP contribution in [0.3, 0.4) is 0 Å². The minimum Gasteiger partial charge on any atom is -0.354 e. The van der Waals surface area contributed by atoms with E-state index in [0.29, 0.717) is 18.4 Å². The predicted octanol–water partition coefficient (Wildman–Crippen LogP) is 5.91. The van der Waals surface area contributed by atoms with E-state index < -0.39 is 0 Å². The van der Waals surface area contributed by atoms with Gasteiger partial charge in [0.15, 0.2) is 0 Å². The average molecular weight is 496 g/mol. The number of anilines is 1. The summed E-state index contributed by atoms with van der Waals surface area (Å²) in [6.45, 7) is 19.8. The first-order chi connectivity index (χ1) is 17.4. The predicted molar refractivity (Wildman–Crippen MR) is 151 cm³/mol. The third kappa shape index (κ3) is 7.12. The van der Waals surface area contributed by atoms with Crippen molar-refractivity contribution in [1.29, 1.82) is 0 Å². The van der Waals surface area contributed by atoms with Gasteiger partial charge in [0.1, 0.15) is 5.82 Å². The molecular formula is C30H49N5O. The second-order valence-corrected chi connectivity index (χ2v) is 10.7. The van der Waals surface area contributed by atoms with Crippen molar-refractivity contribution in [3.8, 4) is 5.69 Å². The fourth-order valence-corrected chi connectivity index (χ4v) is 5.17. The van der Waals surface area contributed by atoms with E-state index in [0.717, 1.165) is 82.8 Å². The molecular weight excluding hydrogens is 446 g/mol. The van der Waals surface area contributed by atoms with Crippen LogP contribution in [0, 0.1) is 18.8 Å². The van der Waals surface area contributed by atoms with E-state index in [9.17, 15) is 4.79 Å². The molecule has 6 heteroatoms. The maximum Gasteiger partial charge on any atom is 0.225 e. The van der Waals surface area contributed by atoms with Crippen molar-refractivity contribution in [2.45, 2.75) is 80.2 Å². The highest BCUT2D eigenvalue weighted by Gasteiger charge is 2.29. The van der Waals surface area contributed by atoms with E-state index in [1.807, 2.05) is 6.07 Å². The standard InChI is InChI=1S/C30H49N5O/c1-7-10-14-26(8-2)30(36)34(18-17-24(4)5)23-28-25(6)31-35(27-15-12-11-13-16-27)29(28)33-21-19-32(9-3)20-22-33/h11-13,15-16,24,26H,7-10,14,17-23H2,1-6H3. The molecule has 1 unspecified atom stereocenters. The van der Waals surface area contributed by atoms with Crippen LogP contribution < -0.4 is 4.90 Å². The number of carbonyl (C=O) groups excluding carboxylic acids is 1. The fraction of sp³-hybridized carbons (Fsp3) is 0.667. The number of piperazine rings is 1. The lowest BCUT2D eigenvalue weighted by molar-refractivity contribution is -0.136. The minimum absolute atomic E-state index is 0.109. The summed E-state index contributed by atoms with van der Waals surface area (Å²) in [6.07, 6.45) is 5.16. The zero-order chi connectivity index (χ0) is 26.1. The van der Waals surface area contributed by atoms with Crippen molar-refractivity contribution >= 4 is 11.7 Å². The van der Waals surface area contributed by atoms with Gasteiger partial charge in [-0.05, 0) is 50.8 Å². The number of hydrogen-bond donors (Lipinski definition) is 0. The van der Waals surface area contributed by atoms with Crippen LogP contribution in [0.25, 0.3) is 5.69 Å². The van der Waals surface area contributed by atoms with Crippen LogP contribution in [-0.2, 0) is 11.3 Å². The van der Waals surface area contributed by atoms with E-state index in [-0.39, 0.29) is 5.92 Å². The molecule has 1 aliphatic heterocycles. The summed E-state index contributed by atoms with van der Waals surface area (Å²) in [5, 5.41) is 5.04. The highest BCUT2D eigenvalue weighted by Crippen LogP contribution is 2.31. The van der Waals surface area contributed by atoms with Crippen LogP contribution >= 0.6 is 0 Å². The van der Waals surface area contributed by atoms with E-state index in [2.05, 4.69) is 85.2 Å². The summed E-state index contributed by atoms with van der Waals surface area (Å²) in [5.74, 6) is 2.16. The van der Waals surface area contributed by atoms with Gasteiger partial charge in [-0.1, -0.05) is 65.7 Å². The Balaban J connectivity index is 1.99. The number of unbranched alkanes of at least 4 members (excludes halogenated alkanes) is 1. The van der Waals surface area contributed by atoms with Crippen molar-refractivity contribution in [3.05, 3.63) is 41.6 Å². The number of amides is 1. The van der Waals surface area contributed by atoms with Gasteiger partial charge < -0.3 is 14.7 Å². The van der Waals surface area contributed by atoms with Crippen LogP contribution in [0.4, 0.5) is 5.82 Å². The van der Waals surface area contributed by atoms with Crippen LogP contribution in [0.2, 0.25) is 0 Å². The van der Waals surface area contributed by atoms with E-state index in [1.54, 1.807) is 0 Å². The lowest BCUT2D eigenvalue weighted by atomic mass is 9.97. The van der Waals surface area contributed by atoms with Crippen LogP contribution in [0.15, 0.2) is 30.3 Å². The Hall–Kier alpha value is -2.34. The number of carbonyl (C=O) groups is 1. The highest BCUT2D eigenvalue weighted by atomic mass is 16.2. The van der Waals surface area contributed by atoms with Crippen molar-refractivity contribution in [1.82, 2.24) is 19.6 Å². The summed E-state index contributed by atoms with van der Waals surface area (Å²) in [4.78, 5) is 21.0. The van der Waals surface area contributed by atoms with Crippen LogP contribution in [-0.4, -0.2) is 64.8 Å². The molecule has 1 saturated heterocycles. The second kappa shape index (κ2) is 13.8. The highest BCUT2D eigenvalue weighted by molar-refractivity contribution is 5.79. The molecule has 3 rings (SSSR count). The Bertz CT molecular complexity index is 930. The number of aromatic nitrogens is 2. The number of para-hydroxylation sites is 1. The number of rotatable bonds is 13. The minimum atomic E-state index is 0.109. The molecule has 1 fully saturated rings. The molecule has 1 atom stereocenters. The van der Waals surface area contributed by atoms with Gasteiger partial charge in [0, 0.05) is 44.2 Å². The molecule has 0 saturated carbocycles. The SMILES string of the molecule is CCCCC(CC)C(=O)N(CCC(C)C)Cc1c(C)nn(-c2ccccc2)c1N1CCN(CC)CC1. The first-order valence-corrected chi connectivity index (χ1v) is 14.3. The first kappa shape index (κ1) is 28.2. The normalized spacial score (nSPS) is 15.5. The molecule has 1 aliphatic rings. The smallest absolute Gasteiger partial charge is 0.225 e. The number of hydrogen-bond acceptors (Lipinski definition) is 4. The van der Waals surface area contributed by atoms with Gasteiger partial charge in [-0.2, -0.15) is 5.10 Å². The van der Waals surface area contributed by atoms with E-state index in [1.165, 1.54) is 11.4 Å². The summed E-state index contributed by atoms with van der Waals surface area (Å²) in [7, 11) is 0. The van der Waals surface area contributed by atoms with Crippen LogP contribution in [0.5, 0.6) is 0 Å². The molecule has 1 aromatic heterocycles. The Morgan fingerprint density at radius 1 is 1.03 bits per heavy atom. The van der Waals surface area contributed by atoms with Crippen LogP contribution in [0.1, 0.15) is 78.0 Å². The third-order valence-electron chi connectivity index (χ3n) is 7.66. The molecule has 0 aliphatic carbocycles. The first-order valence-electron chi connectivity index (χ1n) is 14.3. The van der Waals surface area contributed by atoms with Gasteiger partial charge in [0.2, 0.25) is 5.91 Å². The van der Waals surface area contributed by atoms with Crippen molar-refractivity contribution in [2.24, 2.45) is 11.8 Å². The molecule has 0 radical (unpaired) electrons. The maximum atomic E-state index is 13.8. The Labute approximate surface area is 219 Å². The summed E-state index contributed by atoms with van der Waals surface area (Å²) < 4.78 is 2.12. The second-order valence-electron chi connectivity index (χ2n) is 10.7. The number of aryl methyl sites for hydroxylation is 1. The Kier molecular flexibility index (Phi) is 10.8. The summed E-state index contributed by atoms with van der Waals surface area (Å²) in [6, 6.07) is 10.4. The lowest BCUT2D eigenvalue weighted by Crippen LogP contribution is -2.47. The summed E-state index contributed by atoms with van der Waals surface area (Å²) >= 11 is 0. The van der Waals surface area contributed by atoms with E-state index >= 15 is 0 Å². The van der Waals surface area contributed by atoms with Gasteiger partial charge in [-0.3, -0.25) is 4.79 Å². The maximum absolute atomic E-state index is 13.8. The zero-order valence-electron chi connectivity index (χ0n) is 23.7. The quantitative estimate of drug-likeness (QED) is 0.346.